The second-order valence-electron chi connectivity index (χ2n) is 7.10. The Kier molecular flexibility index (Phi) is 3.74. The van der Waals surface area contributed by atoms with Crippen molar-refractivity contribution in [2.45, 2.75) is 12.0 Å². The first-order valence-corrected chi connectivity index (χ1v) is 9.49. The second kappa shape index (κ2) is 6.18. The molecule has 0 aromatic heterocycles. The molecular weight excluding hydrogens is 370 g/mol. The van der Waals surface area contributed by atoms with Gasteiger partial charge in [-0.15, -0.1) is 0 Å². The molecule has 4 heteroatoms. The first-order valence-electron chi connectivity index (χ1n) is 9.11. The fraction of sp³-hybridized carbons (Fsp3) is 0.0833. The number of halogens is 1. The predicted molar refractivity (Wildman–Crippen MR) is 110 cm³/mol. The van der Waals surface area contributed by atoms with Crippen LogP contribution >= 0.6 is 11.6 Å². The lowest BCUT2D eigenvalue weighted by Crippen LogP contribution is -2.52. The zero-order valence-corrected chi connectivity index (χ0v) is 15.7. The van der Waals surface area contributed by atoms with Gasteiger partial charge in [0.2, 0.25) is 0 Å². The van der Waals surface area contributed by atoms with Crippen molar-refractivity contribution >= 4 is 34.6 Å². The second-order valence-corrected chi connectivity index (χ2v) is 7.54. The van der Waals surface area contributed by atoms with Crippen molar-refractivity contribution in [1.29, 1.82) is 0 Å². The number of fused-ring (bicyclic) bond motifs is 3. The molecule has 0 fully saturated rings. The van der Waals surface area contributed by atoms with Gasteiger partial charge in [0.15, 0.2) is 5.78 Å². The monoisotopic (exact) mass is 385 g/mol. The molecule has 0 bridgehead atoms. The SMILES string of the molecule is O=C1C=C(c2cccc(Cl)c2)C[C@]2(c3ccccc3)C(=O)c3ccccc3N12. The Balaban J connectivity index is 1.76. The van der Waals surface area contributed by atoms with Crippen molar-refractivity contribution in [3.63, 3.8) is 0 Å². The lowest BCUT2D eigenvalue weighted by Gasteiger charge is -2.41. The smallest absolute Gasteiger partial charge is 0.252 e. The molecule has 3 nitrogen and oxygen atoms in total. The van der Waals surface area contributed by atoms with Gasteiger partial charge in [0, 0.05) is 23.1 Å². The highest BCUT2D eigenvalue weighted by Crippen LogP contribution is 2.51. The van der Waals surface area contributed by atoms with Crippen LogP contribution < -0.4 is 4.90 Å². The fourth-order valence-electron chi connectivity index (χ4n) is 4.35. The van der Waals surface area contributed by atoms with Crippen LogP contribution in [0.15, 0.2) is 84.9 Å². The highest BCUT2D eigenvalue weighted by Gasteiger charge is 2.56. The molecule has 0 N–H and O–H groups in total. The standard InChI is InChI=1S/C24H16ClNO2/c25-19-10-6-7-16(13-19)17-14-22(27)26-21-12-5-4-11-20(21)23(28)24(26,15-17)18-8-2-1-3-9-18/h1-14H,15H2/t24-/m0/s1. The van der Waals surface area contributed by atoms with E-state index in [2.05, 4.69) is 0 Å². The van der Waals surface area contributed by atoms with Crippen molar-refractivity contribution in [2.75, 3.05) is 4.90 Å². The van der Waals surface area contributed by atoms with Gasteiger partial charge in [0.25, 0.3) is 5.91 Å². The Bertz CT molecular complexity index is 1150. The van der Waals surface area contributed by atoms with Gasteiger partial charge >= 0.3 is 0 Å². The number of para-hydroxylation sites is 1. The van der Waals surface area contributed by atoms with E-state index < -0.39 is 5.54 Å². The number of hydrogen-bond donors (Lipinski definition) is 0. The highest BCUT2D eigenvalue weighted by atomic mass is 35.5. The molecule has 136 valence electrons. The van der Waals surface area contributed by atoms with E-state index in [1.165, 1.54) is 0 Å². The summed E-state index contributed by atoms with van der Waals surface area (Å²) in [6.45, 7) is 0. The third-order valence-corrected chi connectivity index (χ3v) is 5.79. The molecular formula is C24H16ClNO2. The molecule has 3 aromatic carbocycles. The molecule has 5 rings (SSSR count). The number of carbonyl (C=O) groups is 2. The molecule has 0 unspecified atom stereocenters. The average molecular weight is 386 g/mol. The van der Waals surface area contributed by atoms with Crippen molar-refractivity contribution < 1.29 is 9.59 Å². The van der Waals surface area contributed by atoms with E-state index in [9.17, 15) is 9.59 Å². The summed E-state index contributed by atoms with van der Waals surface area (Å²) in [6.07, 6.45) is 2.03. The maximum atomic E-state index is 13.7. The number of nitrogens with zero attached hydrogens (tertiary/aromatic N) is 1. The lowest BCUT2D eigenvalue weighted by molar-refractivity contribution is -0.115. The predicted octanol–water partition coefficient (Wildman–Crippen LogP) is 5.25. The topological polar surface area (TPSA) is 37.4 Å². The number of Topliss-reactive ketones (excluding diaryl/α,β-unsaturated/α-hetero) is 1. The molecule has 0 radical (unpaired) electrons. The van der Waals surface area contributed by atoms with Crippen molar-refractivity contribution in [3.05, 3.63) is 107 Å². The molecule has 28 heavy (non-hydrogen) atoms. The van der Waals surface area contributed by atoms with E-state index >= 15 is 0 Å². The summed E-state index contributed by atoms with van der Waals surface area (Å²) in [5.41, 5.74) is 2.67. The van der Waals surface area contributed by atoms with Crippen LogP contribution in [0.1, 0.15) is 27.9 Å². The third-order valence-electron chi connectivity index (χ3n) is 5.56. The summed E-state index contributed by atoms with van der Waals surface area (Å²) in [4.78, 5) is 28.7. The normalized spacial score (nSPS) is 20.6. The van der Waals surface area contributed by atoms with Crippen molar-refractivity contribution in [1.82, 2.24) is 0 Å². The number of ketones is 1. The van der Waals surface area contributed by atoms with Crippen molar-refractivity contribution in [3.8, 4) is 0 Å². The van der Waals surface area contributed by atoms with Crippen LogP contribution in [-0.4, -0.2) is 11.7 Å². The molecule has 2 heterocycles. The number of rotatable bonds is 2. The Hall–Kier alpha value is -3.17. The summed E-state index contributed by atoms with van der Waals surface area (Å²) >= 11 is 6.18. The molecule has 2 aliphatic heterocycles. The minimum Gasteiger partial charge on any atom is -0.291 e. The highest BCUT2D eigenvalue weighted by molar-refractivity contribution is 6.31. The fourth-order valence-corrected chi connectivity index (χ4v) is 4.54. The number of benzene rings is 3. The summed E-state index contributed by atoms with van der Waals surface area (Å²) in [5.74, 6) is -0.237. The third kappa shape index (κ3) is 2.30. The van der Waals surface area contributed by atoms with Crippen LogP contribution in [0.2, 0.25) is 5.02 Å². The molecule has 1 atom stereocenters. The van der Waals surface area contributed by atoms with Gasteiger partial charge in [-0.05, 0) is 41.0 Å². The van der Waals surface area contributed by atoms with Crippen LogP contribution in [0, 0.1) is 0 Å². The van der Waals surface area contributed by atoms with E-state index in [0.29, 0.717) is 22.7 Å². The number of hydrogen-bond acceptors (Lipinski definition) is 2. The van der Waals surface area contributed by atoms with Gasteiger partial charge in [-0.3, -0.25) is 14.5 Å². The van der Waals surface area contributed by atoms with E-state index in [-0.39, 0.29) is 11.7 Å². The van der Waals surface area contributed by atoms with Gasteiger partial charge in [-0.25, -0.2) is 0 Å². The van der Waals surface area contributed by atoms with Crippen LogP contribution in [0.25, 0.3) is 5.57 Å². The van der Waals surface area contributed by atoms with Crippen LogP contribution in [0.3, 0.4) is 0 Å². The number of anilines is 1. The van der Waals surface area contributed by atoms with E-state index in [1.54, 1.807) is 23.1 Å². The molecule has 0 saturated carbocycles. The minimum absolute atomic E-state index is 0.0460. The maximum absolute atomic E-state index is 13.7. The quantitative estimate of drug-likeness (QED) is 0.604. The first kappa shape index (κ1) is 17.0. The summed E-state index contributed by atoms with van der Waals surface area (Å²) in [5, 5.41) is 0.600. The molecule has 0 spiro atoms. The van der Waals surface area contributed by atoms with Crippen LogP contribution in [-0.2, 0) is 10.3 Å². The Morgan fingerprint density at radius 3 is 2.39 bits per heavy atom. The van der Waals surface area contributed by atoms with Gasteiger partial charge in [0.1, 0.15) is 5.54 Å². The zero-order valence-electron chi connectivity index (χ0n) is 14.9. The van der Waals surface area contributed by atoms with Crippen LogP contribution in [0.5, 0.6) is 0 Å². The molecule has 2 aliphatic rings. The molecule has 0 aliphatic carbocycles. The van der Waals surface area contributed by atoms with Crippen LogP contribution in [0.4, 0.5) is 5.69 Å². The Morgan fingerprint density at radius 1 is 0.857 bits per heavy atom. The zero-order chi connectivity index (χ0) is 19.3. The Labute approximate surface area is 167 Å². The molecule has 1 amide bonds. The minimum atomic E-state index is -1.07. The number of amides is 1. The maximum Gasteiger partial charge on any atom is 0.252 e. The van der Waals surface area contributed by atoms with Gasteiger partial charge in [0.05, 0.1) is 5.69 Å². The van der Waals surface area contributed by atoms with E-state index in [1.807, 2.05) is 66.7 Å². The first-order chi connectivity index (χ1) is 13.6. The lowest BCUT2D eigenvalue weighted by atomic mass is 9.76. The largest absolute Gasteiger partial charge is 0.291 e. The van der Waals surface area contributed by atoms with Gasteiger partial charge in [-0.1, -0.05) is 66.2 Å². The van der Waals surface area contributed by atoms with Gasteiger partial charge < -0.3 is 0 Å². The van der Waals surface area contributed by atoms with E-state index in [0.717, 1.165) is 16.7 Å². The summed E-state index contributed by atoms with van der Waals surface area (Å²) in [6, 6.07) is 24.3. The van der Waals surface area contributed by atoms with Gasteiger partial charge in [-0.2, -0.15) is 0 Å². The van der Waals surface area contributed by atoms with Crippen molar-refractivity contribution in [2.24, 2.45) is 0 Å². The molecule has 3 aromatic rings. The summed E-state index contributed by atoms with van der Waals surface area (Å²) in [7, 11) is 0. The Morgan fingerprint density at radius 2 is 1.61 bits per heavy atom. The number of carbonyl (C=O) groups excluding carboxylic acids is 2. The summed E-state index contributed by atoms with van der Waals surface area (Å²) < 4.78 is 0. The van der Waals surface area contributed by atoms with E-state index in [4.69, 9.17) is 11.6 Å². The average Bonchev–Trinajstić information content (AvgIpc) is 2.99. The molecule has 0 saturated heterocycles.